The summed E-state index contributed by atoms with van der Waals surface area (Å²) in [6, 6.07) is 9.31. The van der Waals surface area contributed by atoms with Crippen LogP contribution >= 0.6 is 11.3 Å². The lowest BCUT2D eigenvalue weighted by molar-refractivity contribution is 0.0978. The molecular weight excluding hydrogens is 376 g/mol. The Morgan fingerprint density at radius 3 is 2.46 bits per heavy atom. The minimum absolute atomic E-state index is 0.198. The fraction of sp³-hybridized carbons (Fsp3) is 0.190. The molecule has 1 heterocycles. The first-order valence-corrected chi connectivity index (χ1v) is 9.49. The molecular formula is C21H18N2O4S. The molecule has 0 bridgehead atoms. The maximum absolute atomic E-state index is 13.0. The van der Waals surface area contributed by atoms with E-state index in [1.807, 2.05) is 19.1 Å². The minimum atomic E-state index is -0.276. The lowest BCUT2D eigenvalue weighted by Crippen LogP contribution is -2.23. The van der Waals surface area contributed by atoms with Crippen LogP contribution in [-0.4, -0.2) is 37.3 Å². The minimum Gasteiger partial charge on any atom is -0.496 e. The first kappa shape index (κ1) is 18.2. The van der Waals surface area contributed by atoms with Gasteiger partial charge in [-0.1, -0.05) is 17.4 Å². The molecule has 2 aromatic carbocycles. The summed E-state index contributed by atoms with van der Waals surface area (Å²) in [6.45, 7) is 2.23. The number of ether oxygens (including phenoxy) is 2. The SMILES string of the molecule is COc1ccc(OC)c2c1C(=O)C=C(CNc1nc3ccc(C)cc3s1)C2=O. The third-order valence-electron chi connectivity index (χ3n) is 4.61. The fourth-order valence-corrected chi connectivity index (χ4v) is 4.20. The van der Waals surface area contributed by atoms with Crippen LogP contribution in [0.5, 0.6) is 11.5 Å². The first-order chi connectivity index (χ1) is 13.5. The molecule has 28 heavy (non-hydrogen) atoms. The van der Waals surface area contributed by atoms with Crippen LogP contribution in [0.15, 0.2) is 42.0 Å². The zero-order valence-corrected chi connectivity index (χ0v) is 16.5. The molecule has 6 nitrogen and oxygen atoms in total. The van der Waals surface area contributed by atoms with Gasteiger partial charge in [0.25, 0.3) is 0 Å². The molecule has 0 saturated heterocycles. The van der Waals surface area contributed by atoms with Gasteiger partial charge in [-0.3, -0.25) is 9.59 Å². The Kier molecular flexibility index (Phi) is 4.60. The number of carbonyl (C=O) groups excluding carboxylic acids is 2. The van der Waals surface area contributed by atoms with Crippen LogP contribution < -0.4 is 14.8 Å². The van der Waals surface area contributed by atoms with E-state index in [-0.39, 0.29) is 29.2 Å². The van der Waals surface area contributed by atoms with Crippen molar-refractivity contribution in [1.29, 1.82) is 0 Å². The van der Waals surface area contributed by atoms with Gasteiger partial charge in [-0.05, 0) is 42.8 Å². The van der Waals surface area contributed by atoms with Crippen molar-refractivity contribution < 1.29 is 19.1 Å². The van der Waals surface area contributed by atoms with Crippen LogP contribution in [0.2, 0.25) is 0 Å². The zero-order valence-electron chi connectivity index (χ0n) is 15.7. The molecule has 7 heteroatoms. The normalized spacial score (nSPS) is 13.3. The smallest absolute Gasteiger partial charge is 0.195 e. The van der Waals surface area contributed by atoms with E-state index in [2.05, 4.69) is 16.4 Å². The van der Waals surface area contributed by atoms with Crippen molar-refractivity contribution in [2.75, 3.05) is 26.1 Å². The standard InChI is InChI=1S/C21H18N2O4S/c1-11-4-5-13-17(8-11)28-21(23-13)22-10-12-9-14(24)18-15(26-2)6-7-16(27-3)19(18)20(12)25/h4-9H,10H2,1-3H3,(H,22,23). The number of nitrogens with zero attached hydrogens (tertiary/aromatic N) is 1. The fourth-order valence-electron chi connectivity index (χ4n) is 3.24. The zero-order chi connectivity index (χ0) is 19.8. The monoisotopic (exact) mass is 394 g/mol. The predicted molar refractivity (Wildman–Crippen MR) is 109 cm³/mol. The van der Waals surface area contributed by atoms with Crippen molar-refractivity contribution >= 4 is 38.3 Å². The lowest BCUT2D eigenvalue weighted by atomic mass is 9.88. The van der Waals surface area contributed by atoms with Gasteiger partial charge in [0.1, 0.15) is 11.5 Å². The van der Waals surface area contributed by atoms with Crippen molar-refractivity contribution in [2.24, 2.45) is 0 Å². The highest BCUT2D eigenvalue weighted by atomic mass is 32.1. The van der Waals surface area contributed by atoms with Crippen LogP contribution in [0.25, 0.3) is 10.2 Å². The number of rotatable bonds is 5. The average Bonchev–Trinajstić information content (AvgIpc) is 3.10. The van der Waals surface area contributed by atoms with Gasteiger partial charge in [0.05, 0.1) is 35.6 Å². The van der Waals surface area contributed by atoms with Crippen molar-refractivity contribution in [3.05, 3.63) is 58.7 Å². The number of hydrogen-bond donors (Lipinski definition) is 1. The van der Waals surface area contributed by atoms with Gasteiger partial charge < -0.3 is 14.8 Å². The second kappa shape index (κ2) is 7.09. The van der Waals surface area contributed by atoms with E-state index < -0.39 is 0 Å². The molecule has 0 saturated carbocycles. The van der Waals surface area contributed by atoms with Gasteiger partial charge >= 0.3 is 0 Å². The third kappa shape index (κ3) is 3.03. The molecule has 0 atom stereocenters. The molecule has 142 valence electrons. The Balaban J connectivity index is 1.63. The Morgan fingerprint density at radius 2 is 1.75 bits per heavy atom. The van der Waals surface area contributed by atoms with E-state index in [1.165, 1.54) is 31.6 Å². The number of aromatic nitrogens is 1. The molecule has 4 rings (SSSR count). The second-order valence-corrected chi connectivity index (χ2v) is 7.46. The third-order valence-corrected chi connectivity index (χ3v) is 5.59. The predicted octanol–water partition coefficient (Wildman–Crippen LogP) is 4.04. The Bertz CT molecular complexity index is 1150. The van der Waals surface area contributed by atoms with E-state index in [9.17, 15) is 9.59 Å². The number of benzene rings is 2. The van der Waals surface area contributed by atoms with E-state index in [4.69, 9.17) is 9.47 Å². The quantitative estimate of drug-likeness (QED) is 0.704. The summed E-state index contributed by atoms with van der Waals surface area (Å²) in [7, 11) is 2.94. The molecule has 3 aromatic rings. The summed E-state index contributed by atoms with van der Waals surface area (Å²) < 4.78 is 11.6. The lowest BCUT2D eigenvalue weighted by Gasteiger charge is -2.20. The average molecular weight is 394 g/mol. The molecule has 0 aliphatic heterocycles. The Labute approximate surface area is 165 Å². The van der Waals surface area contributed by atoms with Gasteiger partial charge in [0.15, 0.2) is 16.7 Å². The van der Waals surface area contributed by atoms with Gasteiger partial charge in [0.2, 0.25) is 0 Å². The van der Waals surface area contributed by atoms with Gasteiger partial charge in [0, 0.05) is 12.1 Å². The van der Waals surface area contributed by atoms with E-state index >= 15 is 0 Å². The number of Topliss-reactive ketones (excluding diaryl/α,β-unsaturated/α-hetero) is 1. The number of fused-ring (bicyclic) bond motifs is 2. The number of hydrogen-bond acceptors (Lipinski definition) is 7. The summed E-state index contributed by atoms with van der Waals surface area (Å²) in [4.78, 5) is 30.2. The summed E-state index contributed by atoms with van der Waals surface area (Å²) in [5, 5.41) is 3.86. The molecule has 0 amide bonds. The highest BCUT2D eigenvalue weighted by Crippen LogP contribution is 2.36. The molecule has 1 N–H and O–H groups in total. The van der Waals surface area contributed by atoms with Crippen molar-refractivity contribution in [3.63, 3.8) is 0 Å². The molecule has 0 unspecified atom stereocenters. The number of allylic oxidation sites excluding steroid dienone is 1. The first-order valence-electron chi connectivity index (χ1n) is 8.67. The van der Waals surface area contributed by atoms with Crippen LogP contribution in [0.1, 0.15) is 26.3 Å². The number of ketones is 2. The van der Waals surface area contributed by atoms with Crippen molar-refractivity contribution in [1.82, 2.24) is 4.98 Å². The number of nitrogens with one attached hydrogen (secondary N) is 1. The van der Waals surface area contributed by atoms with Crippen LogP contribution in [-0.2, 0) is 0 Å². The van der Waals surface area contributed by atoms with E-state index in [0.29, 0.717) is 22.2 Å². The summed E-state index contributed by atoms with van der Waals surface area (Å²) in [6.07, 6.45) is 1.36. The topological polar surface area (TPSA) is 77.5 Å². The highest BCUT2D eigenvalue weighted by molar-refractivity contribution is 7.22. The van der Waals surface area contributed by atoms with Gasteiger partial charge in [-0.15, -0.1) is 0 Å². The molecule has 1 aliphatic rings. The number of methoxy groups -OCH3 is 2. The summed E-state index contributed by atoms with van der Waals surface area (Å²) in [5.74, 6) is 0.186. The number of anilines is 1. The highest BCUT2D eigenvalue weighted by Gasteiger charge is 2.31. The summed E-state index contributed by atoms with van der Waals surface area (Å²) >= 11 is 1.51. The maximum atomic E-state index is 13.0. The van der Waals surface area contributed by atoms with Crippen molar-refractivity contribution in [3.8, 4) is 11.5 Å². The molecule has 1 aromatic heterocycles. The van der Waals surface area contributed by atoms with Crippen LogP contribution in [0.3, 0.4) is 0 Å². The molecule has 1 aliphatic carbocycles. The number of thiazole rings is 1. The van der Waals surface area contributed by atoms with Crippen molar-refractivity contribution in [2.45, 2.75) is 6.92 Å². The molecule has 0 radical (unpaired) electrons. The van der Waals surface area contributed by atoms with Crippen LogP contribution in [0.4, 0.5) is 5.13 Å². The second-order valence-electron chi connectivity index (χ2n) is 6.43. The number of carbonyl (C=O) groups is 2. The number of aryl methyl sites for hydroxylation is 1. The Hall–Kier alpha value is -3.19. The van der Waals surface area contributed by atoms with Gasteiger partial charge in [-0.2, -0.15) is 0 Å². The summed E-state index contributed by atoms with van der Waals surface area (Å²) in [5.41, 5.74) is 2.91. The van der Waals surface area contributed by atoms with Crippen LogP contribution in [0, 0.1) is 6.92 Å². The van der Waals surface area contributed by atoms with E-state index in [0.717, 1.165) is 15.8 Å². The maximum Gasteiger partial charge on any atom is 0.195 e. The van der Waals surface area contributed by atoms with E-state index in [1.54, 1.807) is 12.1 Å². The molecule has 0 fully saturated rings. The largest absolute Gasteiger partial charge is 0.496 e. The van der Waals surface area contributed by atoms with Gasteiger partial charge in [-0.25, -0.2) is 4.98 Å². The Morgan fingerprint density at radius 1 is 1.04 bits per heavy atom. The molecule has 0 spiro atoms.